The summed E-state index contributed by atoms with van der Waals surface area (Å²) in [5.41, 5.74) is -0.625. The number of aromatic nitrogens is 2. The number of carbonyl (C=O) groups excluding carboxylic acids is 1. The Morgan fingerprint density at radius 2 is 1.97 bits per heavy atom. The van der Waals surface area contributed by atoms with Crippen LogP contribution in [0.2, 0.25) is 0 Å². The summed E-state index contributed by atoms with van der Waals surface area (Å²) in [5, 5.41) is 5.40. The Morgan fingerprint density at radius 3 is 2.57 bits per heavy atom. The summed E-state index contributed by atoms with van der Waals surface area (Å²) in [7, 11) is 1.54. The van der Waals surface area contributed by atoms with E-state index in [9.17, 15) is 22.4 Å². The quantitative estimate of drug-likeness (QED) is 0.221. The van der Waals surface area contributed by atoms with Gasteiger partial charge in [-0.3, -0.25) is 4.79 Å². The monoisotopic (exact) mass is 493 g/mol. The smallest absolute Gasteiger partial charge is 0.272 e. The number of ether oxygens (including phenoxy) is 1. The molecule has 0 aliphatic rings. The van der Waals surface area contributed by atoms with Crippen LogP contribution in [0.3, 0.4) is 0 Å². The molecule has 1 atom stereocenters. The zero-order valence-electron chi connectivity index (χ0n) is 20.1. The molecule has 2 rings (SSSR count). The van der Waals surface area contributed by atoms with Gasteiger partial charge >= 0.3 is 0 Å². The van der Waals surface area contributed by atoms with Crippen molar-refractivity contribution in [1.29, 1.82) is 0 Å². The van der Waals surface area contributed by atoms with Crippen molar-refractivity contribution in [3.8, 4) is 17.7 Å². The van der Waals surface area contributed by atoms with Crippen LogP contribution in [-0.2, 0) is 5.92 Å². The Labute approximate surface area is 201 Å². The lowest BCUT2D eigenvalue weighted by atomic mass is 10.1. The zero-order valence-corrected chi connectivity index (χ0v) is 20.1. The van der Waals surface area contributed by atoms with E-state index in [1.807, 2.05) is 6.92 Å². The maximum Gasteiger partial charge on any atom is 0.272 e. The van der Waals surface area contributed by atoms with Crippen LogP contribution in [0.25, 0.3) is 0 Å². The number of alkyl halides is 2. The van der Waals surface area contributed by atoms with Gasteiger partial charge in [0, 0.05) is 38.7 Å². The molecule has 0 fully saturated rings. The largest absolute Gasteiger partial charge is 0.473 e. The third kappa shape index (κ3) is 7.40. The minimum Gasteiger partial charge on any atom is -0.473 e. The number of hydrogen-bond donors (Lipinski definition) is 0. The summed E-state index contributed by atoms with van der Waals surface area (Å²) in [6.07, 6.45) is 3.79. The van der Waals surface area contributed by atoms with E-state index >= 15 is 0 Å². The second kappa shape index (κ2) is 12.1. The van der Waals surface area contributed by atoms with Crippen molar-refractivity contribution in [2.75, 3.05) is 25.2 Å². The van der Waals surface area contributed by atoms with Crippen LogP contribution in [0.5, 0.6) is 5.88 Å². The van der Waals surface area contributed by atoms with Crippen LogP contribution in [0, 0.1) is 23.5 Å². The maximum absolute atomic E-state index is 14.2. The fourth-order valence-corrected chi connectivity index (χ4v) is 3.04. The molecule has 1 unspecified atom stereocenters. The molecule has 0 spiro atoms. The Balaban J connectivity index is 2.22. The highest BCUT2D eigenvalue weighted by Gasteiger charge is 2.28. The number of hydrogen-bond acceptors (Lipinski definition) is 6. The number of rotatable bonds is 9. The molecule has 0 aliphatic carbocycles. The molecule has 0 radical (unpaired) electrons. The fraction of sp³-hybridized carbons (Fsp3) is 0.417. The molecule has 2 heterocycles. The van der Waals surface area contributed by atoms with Gasteiger partial charge in [-0.15, -0.1) is 0 Å². The topological polar surface area (TPSA) is 70.9 Å². The minimum absolute atomic E-state index is 0.0411. The lowest BCUT2D eigenvalue weighted by molar-refractivity contribution is 0.0165. The summed E-state index contributed by atoms with van der Waals surface area (Å²) in [5.74, 6) is -0.374. The maximum atomic E-state index is 14.2. The van der Waals surface area contributed by atoms with Crippen molar-refractivity contribution in [3.05, 3.63) is 47.3 Å². The molecule has 0 saturated carbocycles. The van der Waals surface area contributed by atoms with Crippen molar-refractivity contribution in [1.82, 2.24) is 14.9 Å². The van der Waals surface area contributed by atoms with E-state index < -0.39 is 40.9 Å². The molecule has 0 aliphatic heterocycles. The van der Waals surface area contributed by atoms with Crippen LogP contribution < -0.4 is 9.75 Å². The summed E-state index contributed by atoms with van der Waals surface area (Å²) < 4.78 is 60.2. The number of hydrazone groups is 1. The molecule has 2 aromatic rings. The van der Waals surface area contributed by atoms with Gasteiger partial charge in [-0.1, -0.05) is 18.8 Å². The molecular weight excluding hydrogens is 466 g/mol. The standard InChI is InChI=1S/C24H27F4N5O2/c1-6-8-9-10-31-32(5)21-19(12-18(25)14-29-21)23(34)33(7-2)16(3)15-35-22-20(26)11-17(13-30-22)24(4,27)28/h10-14,16H,6-7,15H2,1-5H3/b31-10-. The SMILES string of the molecule is CCC#C/C=N\N(C)c1ncc(F)cc1C(=O)N(CC)C(C)COc1ncc(C(C)(F)F)cc1F. The number of halogens is 4. The Hall–Kier alpha value is -3.68. The highest BCUT2D eigenvalue weighted by molar-refractivity contribution is 5.99. The van der Waals surface area contributed by atoms with Gasteiger partial charge in [0.1, 0.15) is 12.4 Å². The van der Waals surface area contributed by atoms with Gasteiger partial charge in [0.2, 0.25) is 5.88 Å². The highest BCUT2D eigenvalue weighted by Crippen LogP contribution is 2.29. The molecule has 188 valence electrons. The van der Waals surface area contributed by atoms with Crippen molar-refractivity contribution >= 4 is 17.9 Å². The van der Waals surface area contributed by atoms with E-state index in [2.05, 4.69) is 26.9 Å². The van der Waals surface area contributed by atoms with E-state index in [0.717, 1.165) is 18.5 Å². The lowest BCUT2D eigenvalue weighted by Crippen LogP contribution is -2.42. The molecular formula is C24H27F4N5O2. The van der Waals surface area contributed by atoms with Crippen molar-refractivity contribution in [3.63, 3.8) is 0 Å². The van der Waals surface area contributed by atoms with Gasteiger partial charge in [-0.05, 0) is 26.0 Å². The molecule has 11 heteroatoms. The number of likely N-dealkylation sites (N-methyl/N-ethyl adjacent to an activating group) is 1. The molecule has 0 N–H and O–H groups in total. The molecule has 1 amide bonds. The first-order chi connectivity index (χ1) is 16.5. The first-order valence-electron chi connectivity index (χ1n) is 10.9. The first kappa shape index (κ1) is 27.6. The van der Waals surface area contributed by atoms with Crippen LogP contribution >= 0.6 is 0 Å². The van der Waals surface area contributed by atoms with Crippen LogP contribution in [0.4, 0.5) is 23.4 Å². The van der Waals surface area contributed by atoms with E-state index in [4.69, 9.17) is 4.74 Å². The molecule has 0 bridgehead atoms. The normalized spacial score (nSPS) is 12.1. The van der Waals surface area contributed by atoms with Crippen LogP contribution in [0.15, 0.2) is 29.6 Å². The van der Waals surface area contributed by atoms with Gasteiger partial charge in [0.15, 0.2) is 11.6 Å². The van der Waals surface area contributed by atoms with Crippen molar-refractivity contribution in [2.24, 2.45) is 5.10 Å². The van der Waals surface area contributed by atoms with Crippen LogP contribution in [-0.4, -0.2) is 53.2 Å². The van der Waals surface area contributed by atoms with Crippen LogP contribution in [0.1, 0.15) is 50.0 Å². The lowest BCUT2D eigenvalue weighted by Gasteiger charge is -2.29. The highest BCUT2D eigenvalue weighted by atomic mass is 19.3. The molecule has 0 aromatic carbocycles. The molecule has 35 heavy (non-hydrogen) atoms. The Bertz CT molecular complexity index is 1130. The van der Waals surface area contributed by atoms with Gasteiger partial charge in [0.25, 0.3) is 11.8 Å². The Morgan fingerprint density at radius 1 is 1.26 bits per heavy atom. The number of pyridine rings is 2. The van der Waals surface area contributed by atoms with Gasteiger partial charge < -0.3 is 9.64 Å². The van der Waals surface area contributed by atoms with E-state index in [0.29, 0.717) is 19.4 Å². The van der Waals surface area contributed by atoms with E-state index in [-0.39, 0.29) is 24.5 Å². The number of amides is 1. The number of carbonyl (C=O) groups is 1. The van der Waals surface area contributed by atoms with Crippen molar-refractivity contribution in [2.45, 2.75) is 46.1 Å². The van der Waals surface area contributed by atoms with Gasteiger partial charge in [-0.25, -0.2) is 32.5 Å². The van der Waals surface area contributed by atoms with Gasteiger partial charge in [-0.2, -0.15) is 5.10 Å². The summed E-state index contributed by atoms with van der Waals surface area (Å²) in [6, 6.07) is 1.10. The first-order valence-corrected chi connectivity index (χ1v) is 10.9. The van der Waals surface area contributed by atoms with Crippen molar-refractivity contribution < 1.29 is 27.1 Å². The second-order valence-corrected chi connectivity index (χ2v) is 7.62. The third-order valence-electron chi connectivity index (χ3n) is 4.85. The average Bonchev–Trinajstić information content (AvgIpc) is 2.80. The number of nitrogens with zero attached hydrogens (tertiary/aromatic N) is 5. The predicted octanol–water partition coefficient (Wildman–Crippen LogP) is 4.63. The summed E-state index contributed by atoms with van der Waals surface area (Å²) >= 11 is 0. The summed E-state index contributed by atoms with van der Waals surface area (Å²) in [6.45, 7) is 5.89. The van der Waals surface area contributed by atoms with E-state index in [1.54, 1.807) is 20.9 Å². The minimum atomic E-state index is -3.25. The second-order valence-electron chi connectivity index (χ2n) is 7.62. The fourth-order valence-electron chi connectivity index (χ4n) is 3.04. The molecule has 0 saturated heterocycles. The summed E-state index contributed by atoms with van der Waals surface area (Å²) in [4.78, 5) is 22.3. The predicted molar refractivity (Wildman–Crippen MR) is 125 cm³/mol. The Kier molecular flexibility index (Phi) is 9.57. The van der Waals surface area contributed by atoms with E-state index in [1.165, 1.54) is 16.1 Å². The molecule has 2 aromatic heterocycles. The third-order valence-corrected chi connectivity index (χ3v) is 4.85. The average molecular weight is 494 g/mol. The molecule has 7 nitrogen and oxygen atoms in total. The number of anilines is 1. The van der Waals surface area contributed by atoms with Gasteiger partial charge in [0.05, 0.1) is 24.0 Å². The zero-order chi connectivity index (χ0) is 26.2.